The van der Waals surface area contributed by atoms with Gasteiger partial charge in [0.15, 0.2) is 0 Å². The summed E-state index contributed by atoms with van der Waals surface area (Å²) in [5.74, 6) is 0. The molecule has 0 radical (unpaired) electrons. The topological polar surface area (TPSA) is 66.4 Å². The van der Waals surface area contributed by atoms with Crippen molar-refractivity contribution in [2.24, 2.45) is 0 Å². The summed E-state index contributed by atoms with van der Waals surface area (Å²) in [6.07, 6.45) is 0. The van der Waals surface area contributed by atoms with E-state index in [0.717, 1.165) is 11.1 Å². The Morgan fingerprint density at radius 2 is 2.14 bits per heavy atom. The lowest BCUT2D eigenvalue weighted by molar-refractivity contribution is 0.281. The smallest absolute Gasteiger partial charge is 0.242 e. The maximum Gasteiger partial charge on any atom is 0.242 e. The predicted octanol–water partition coefficient (Wildman–Crippen LogP) is 3.35. The van der Waals surface area contributed by atoms with E-state index in [1.165, 1.54) is 17.4 Å². The molecule has 4 nitrogen and oxygen atoms in total. The zero-order chi connectivity index (χ0) is 15.6. The maximum atomic E-state index is 12.6. The summed E-state index contributed by atoms with van der Waals surface area (Å²) in [4.78, 5) is 0.147. The van der Waals surface area contributed by atoms with Crippen molar-refractivity contribution >= 4 is 37.3 Å². The van der Waals surface area contributed by atoms with Crippen LogP contribution >= 0.6 is 27.3 Å². The standard InChI is InChI=1S/C14H16BrNO3S2/c1-9-5-11(7-17)6-13(14(9)15)21(18,19)16-10(2)12-3-4-20-8-12/h3-6,8,10,16-17H,7H2,1-2H3. The third-order valence-electron chi connectivity index (χ3n) is 3.13. The van der Waals surface area contributed by atoms with Gasteiger partial charge >= 0.3 is 0 Å². The molecule has 7 heteroatoms. The highest BCUT2D eigenvalue weighted by molar-refractivity contribution is 9.10. The van der Waals surface area contributed by atoms with Crippen LogP contribution in [0, 0.1) is 6.92 Å². The van der Waals surface area contributed by atoms with Crippen LogP contribution in [0.5, 0.6) is 0 Å². The summed E-state index contributed by atoms with van der Waals surface area (Å²) in [6, 6.07) is 4.82. The second kappa shape index (κ2) is 6.58. The number of aliphatic hydroxyl groups excluding tert-OH is 1. The lowest BCUT2D eigenvalue weighted by Crippen LogP contribution is -2.27. The van der Waals surface area contributed by atoms with Gasteiger partial charge in [-0.15, -0.1) is 0 Å². The molecule has 1 aromatic carbocycles. The van der Waals surface area contributed by atoms with Gasteiger partial charge in [-0.25, -0.2) is 13.1 Å². The van der Waals surface area contributed by atoms with Gasteiger partial charge in [-0.2, -0.15) is 11.3 Å². The first kappa shape index (κ1) is 16.6. The van der Waals surface area contributed by atoms with Crippen molar-refractivity contribution in [2.45, 2.75) is 31.4 Å². The molecule has 0 aliphatic carbocycles. The molecule has 1 heterocycles. The van der Waals surface area contributed by atoms with Crippen molar-refractivity contribution in [3.63, 3.8) is 0 Å². The zero-order valence-electron chi connectivity index (χ0n) is 11.6. The van der Waals surface area contributed by atoms with Gasteiger partial charge in [0.2, 0.25) is 10.0 Å². The molecule has 0 aliphatic rings. The van der Waals surface area contributed by atoms with Crippen LogP contribution in [0.3, 0.4) is 0 Å². The van der Waals surface area contributed by atoms with Gasteiger partial charge in [0.25, 0.3) is 0 Å². The van der Waals surface area contributed by atoms with Crippen LogP contribution < -0.4 is 4.72 Å². The quantitative estimate of drug-likeness (QED) is 0.823. The molecule has 0 spiro atoms. The predicted molar refractivity (Wildman–Crippen MR) is 87.9 cm³/mol. The molecule has 21 heavy (non-hydrogen) atoms. The number of hydrogen-bond donors (Lipinski definition) is 2. The third kappa shape index (κ3) is 3.73. The summed E-state index contributed by atoms with van der Waals surface area (Å²) >= 11 is 4.84. The molecule has 0 aliphatic heterocycles. The first-order valence-electron chi connectivity index (χ1n) is 6.29. The summed E-state index contributed by atoms with van der Waals surface area (Å²) in [5, 5.41) is 13.1. The lowest BCUT2D eigenvalue weighted by atomic mass is 10.1. The van der Waals surface area contributed by atoms with Crippen molar-refractivity contribution in [1.29, 1.82) is 0 Å². The van der Waals surface area contributed by atoms with E-state index in [1.54, 1.807) is 19.9 Å². The van der Waals surface area contributed by atoms with E-state index in [0.29, 0.717) is 10.0 Å². The fourth-order valence-corrected chi connectivity index (χ4v) is 5.04. The molecule has 2 N–H and O–H groups in total. The van der Waals surface area contributed by atoms with E-state index in [1.807, 2.05) is 16.8 Å². The van der Waals surface area contributed by atoms with E-state index in [9.17, 15) is 13.5 Å². The maximum absolute atomic E-state index is 12.6. The first-order chi connectivity index (χ1) is 9.85. The number of thiophene rings is 1. The summed E-state index contributed by atoms with van der Waals surface area (Å²) in [7, 11) is -3.67. The summed E-state index contributed by atoms with van der Waals surface area (Å²) in [6.45, 7) is 3.40. The van der Waals surface area contributed by atoms with E-state index in [4.69, 9.17) is 0 Å². The first-order valence-corrected chi connectivity index (χ1v) is 9.51. The number of sulfonamides is 1. The van der Waals surface area contributed by atoms with E-state index in [-0.39, 0.29) is 17.5 Å². The van der Waals surface area contributed by atoms with Crippen LogP contribution in [-0.4, -0.2) is 13.5 Å². The monoisotopic (exact) mass is 389 g/mol. The second-order valence-electron chi connectivity index (χ2n) is 4.78. The molecule has 1 aromatic heterocycles. The van der Waals surface area contributed by atoms with Gasteiger partial charge in [0, 0.05) is 10.5 Å². The Balaban J connectivity index is 2.38. The van der Waals surface area contributed by atoms with Crippen molar-refractivity contribution in [3.05, 3.63) is 50.1 Å². The van der Waals surface area contributed by atoms with Crippen LogP contribution in [0.25, 0.3) is 0 Å². The minimum absolute atomic E-state index is 0.147. The Morgan fingerprint density at radius 1 is 1.43 bits per heavy atom. The molecule has 0 fully saturated rings. The number of aliphatic hydroxyl groups is 1. The zero-order valence-corrected chi connectivity index (χ0v) is 14.8. The highest BCUT2D eigenvalue weighted by Crippen LogP contribution is 2.28. The highest BCUT2D eigenvalue weighted by Gasteiger charge is 2.22. The Kier molecular flexibility index (Phi) is 5.21. The van der Waals surface area contributed by atoms with Gasteiger partial charge < -0.3 is 5.11 Å². The highest BCUT2D eigenvalue weighted by atomic mass is 79.9. The average Bonchev–Trinajstić information content (AvgIpc) is 2.95. The molecule has 0 saturated heterocycles. The van der Waals surface area contributed by atoms with Gasteiger partial charge in [0.1, 0.15) is 0 Å². The van der Waals surface area contributed by atoms with Crippen LogP contribution in [-0.2, 0) is 16.6 Å². The number of halogens is 1. The molecule has 0 saturated carbocycles. The number of hydrogen-bond acceptors (Lipinski definition) is 4. The fraction of sp³-hybridized carbons (Fsp3) is 0.286. The average molecular weight is 390 g/mol. The van der Waals surface area contributed by atoms with Crippen LogP contribution in [0.2, 0.25) is 0 Å². The molecule has 2 aromatic rings. The second-order valence-corrected chi connectivity index (χ2v) is 8.04. The molecule has 2 rings (SSSR count). The molecule has 114 valence electrons. The summed E-state index contributed by atoms with van der Waals surface area (Å²) < 4.78 is 28.3. The minimum Gasteiger partial charge on any atom is -0.392 e. The van der Waals surface area contributed by atoms with Crippen LogP contribution in [0.1, 0.15) is 29.7 Å². The molecule has 0 amide bonds. The number of aryl methyl sites for hydroxylation is 1. The fourth-order valence-electron chi connectivity index (χ4n) is 1.98. The molecule has 1 unspecified atom stereocenters. The third-order valence-corrected chi connectivity index (χ3v) is 6.71. The number of nitrogens with one attached hydrogen (secondary N) is 1. The number of benzene rings is 1. The minimum atomic E-state index is -3.67. The molecule has 1 atom stereocenters. The molecule has 0 bridgehead atoms. The van der Waals surface area contributed by atoms with Gasteiger partial charge in [0.05, 0.1) is 11.5 Å². The van der Waals surface area contributed by atoms with Crippen molar-refractivity contribution in [2.75, 3.05) is 0 Å². The van der Waals surface area contributed by atoms with Gasteiger partial charge in [-0.05, 0) is 69.4 Å². The van der Waals surface area contributed by atoms with E-state index >= 15 is 0 Å². The molecular weight excluding hydrogens is 374 g/mol. The van der Waals surface area contributed by atoms with Crippen molar-refractivity contribution in [1.82, 2.24) is 4.72 Å². The normalized spacial score (nSPS) is 13.3. The van der Waals surface area contributed by atoms with Crippen LogP contribution in [0.4, 0.5) is 0 Å². The Morgan fingerprint density at radius 3 is 2.71 bits per heavy atom. The van der Waals surface area contributed by atoms with Crippen molar-refractivity contribution in [3.8, 4) is 0 Å². The van der Waals surface area contributed by atoms with E-state index in [2.05, 4.69) is 20.7 Å². The summed E-state index contributed by atoms with van der Waals surface area (Å²) in [5.41, 5.74) is 2.26. The van der Waals surface area contributed by atoms with Gasteiger partial charge in [-0.1, -0.05) is 6.07 Å². The Bertz CT molecular complexity index is 727. The van der Waals surface area contributed by atoms with Crippen molar-refractivity contribution < 1.29 is 13.5 Å². The Labute approximate surface area is 137 Å². The largest absolute Gasteiger partial charge is 0.392 e. The SMILES string of the molecule is Cc1cc(CO)cc(S(=O)(=O)NC(C)c2ccsc2)c1Br. The lowest BCUT2D eigenvalue weighted by Gasteiger charge is -2.16. The Hall–Kier alpha value is -0.730. The molecular formula is C14H16BrNO3S2. The van der Waals surface area contributed by atoms with E-state index < -0.39 is 10.0 Å². The van der Waals surface area contributed by atoms with Gasteiger partial charge in [-0.3, -0.25) is 0 Å². The van der Waals surface area contributed by atoms with Crippen LogP contribution in [0.15, 0.2) is 38.3 Å². The number of rotatable bonds is 5.